The molecule has 0 rings (SSSR count). The molecular formula is C3H10N2O2. The van der Waals surface area contributed by atoms with Crippen LogP contribution in [0.2, 0.25) is 0 Å². The van der Waals surface area contributed by atoms with E-state index in [0.29, 0.717) is 0 Å². The highest BCUT2D eigenvalue weighted by Gasteiger charge is 1.50. The molecule has 0 heterocycles. The van der Waals surface area contributed by atoms with Crippen molar-refractivity contribution in [3.63, 3.8) is 0 Å². The van der Waals surface area contributed by atoms with E-state index in [1.165, 1.54) is 0 Å². The third-order valence-corrected chi connectivity index (χ3v) is 0.204. The summed E-state index contributed by atoms with van der Waals surface area (Å²) >= 11 is 0. The van der Waals surface area contributed by atoms with Crippen molar-refractivity contribution >= 4 is 6.47 Å². The average molecular weight is 106 g/mol. The molecule has 0 saturated heterocycles. The smallest absolute Gasteiger partial charge is 0.290 e. The molecule has 0 aromatic rings. The highest BCUT2D eigenvalue weighted by molar-refractivity contribution is 5.32. The van der Waals surface area contributed by atoms with Crippen molar-refractivity contribution in [1.82, 2.24) is 5.43 Å². The lowest BCUT2D eigenvalue weighted by Crippen LogP contribution is -2.20. The van der Waals surface area contributed by atoms with Crippen LogP contribution in [0.25, 0.3) is 0 Å². The first-order valence-corrected chi connectivity index (χ1v) is 1.84. The molecule has 0 unspecified atom stereocenters. The van der Waals surface area contributed by atoms with Crippen molar-refractivity contribution in [1.29, 1.82) is 0 Å². The number of carbonyl (C=O) groups is 1. The van der Waals surface area contributed by atoms with Crippen LogP contribution in [0.15, 0.2) is 0 Å². The Morgan fingerprint density at radius 2 is 2.14 bits per heavy atom. The predicted molar refractivity (Wildman–Crippen MR) is 26.6 cm³/mol. The van der Waals surface area contributed by atoms with E-state index in [2.05, 4.69) is 5.43 Å². The van der Waals surface area contributed by atoms with Crippen LogP contribution >= 0.6 is 0 Å². The van der Waals surface area contributed by atoms with Crippen LogP contribution in [-0.2, 0) is 4.79 Å². The number of hydrogen-bond donors (Lipinski definition) is 3. The van der Waals surface area contributed by atoms with Crippen LogP contribution in [0.4, 0.5) is 0 Å². The van der Waals surface area contributed by atoms with Crippen LogP contribution in [0.3, 0.4) is 0 Å². The second-order valence-electron chi connectivity index (χ2n) is 0.663. The van der Waals surface area contributed by atoms with Gasteiger partial charge in [0, 0.05) is 6.54 Å². The molecule has 0 saturated carbocycles. The van der Waals surface area contributed by atoms with Gasteiger partial charge in [-0.25, -0.2) is 0 Å². The van der Waals surface area contributed by atoms with Crippen LogP contribution in [-0.4, -0.2) is 18.1 Å². The Morgan fingerprint density at radius 3 is 2.14 bits per heavy atom. The molecule has 0 bridgehead atoms. The number of rotatable bonds is 1. The van der Waals surface area contributed by atoms with E-state index in [-0.39, 0.29) is 6.47 Å². The zero-order chi connectivity index (χ0) is 6.12. The molecule has 4 nitrogen and oxygen atoms in total. The molecule has 0 aliphatic heterocycles. The van der Waals surface area contributed by atoms with Gasteiger partial charge in [0.15, 0.2) is 0 Å². The maximum atomic E-state index is 8.36. The normalized spacial score (nSPS) is 6.00. The summed E-state index contributed by atoms with van der Waals surface area (Å²) < 4.78 is 0. The minimum absolute atomic E-state index is 0.250. The van der Waals surface area contributed by atoms with Crippen molar-refractivity contribution in [2.75, 3.05) is 6.54 Å². The minimum Gasteiger partial charge on any atom is -0.483 e. The zero-order valence-corrected chi connectivity index (χ0v) is 4.22. The van der Waals surface area contributed by atoms with Crippen molar-refractivity contribution in [3.8, 4) is 0 Å². The second kappa shape index (κ2) is 18.2. The highest BCUT2D eigenvalue weighted by atomic mass is 16.3. The number of hydrazine groups is 1. The van der Waals surface area contributed by atoms with E-state index in [0.717, 1.165) is 6.54 Å². The summed E-state index contributed by atoms with van der Waals surface area (Å²) in [7, 11) is 0. The quantitative estimate of drug-likeness (QED) is 0.232. The lowest BCUT2D eigenvalue weighted by Gasteiger charge is -1.77. The Morgan fingerprint density at radius 1 is 2.00 bits per heavy atom. The molecule has 4 N–H and O–H groups in total. The Bertz CT molecular complexity index is 30.1. The van der Waals surface area contributed by atoms with Crippen molar-refractivity contribution in [2.24, 2.45) is 5.84 Å². The van der Waals surface area contributed by atoms with E-state index in [4.69, 9.17) is 15.7 Å². The van der Waals surface area contributed by atoms with Crippen LogP contribution in [0.5, 0.6) is 0 Å². The van der Waals surface area contributed by atoms with Gasteiger partial charge < -0.3 is 5.11 Å². The van der Waals surface area contributed by atoms with Gasteiger partial charge in [0.05, 0.1) is 0 Å². The molecule has 7 heavy (non-hydrogen) atoms. The summed E-state index contributed by atoms with van der Waals surface area (Å²) in [5.41, 5.74) is 2.43. The predicted octanol–water partition coefficient (Wildman–Crippen LogP) is -0.830. The van der Waals surface area contributed by atoms with Gasteiger partial charge in [0.2, 0.25) is 0 Å². The van der Waals surface area contributed by atoms with Crippen molar-refractivity contribution in [3.05, 3.63) is 0 Å². The van der Waals surface area contributed by atoms with Gasteiger partial charge >= 0.3 is 0 Å². The standard InChI is InChI=1S/C2H8N2.CH2O2/c1-2-4-3;2-1-3/h4H,2-3H2,1H3;1H,(H,2,3). The SMILES string of the molecule is CCNN.O=CO. The van der Waals surface area contributed by atoms with E-state index >= 15 is 0 Å². The summed E-state index contributed by atoms with van der Waals surface area (Å²) in [6.45, 7) is 2.54. The first kappa shape index (κ1) is 9.63. The Hall–Kier alpha value is -0.610. The summed E-state index contributed by atoms with van der Waals surface area (Å²) in [5, 5.41) is 6.89. The number of carboxylic acid groups (broad SMARTS) is 1. The number of nitrogens with one attached hydrogen (secondary N) is 1. The largest absolute Gasteiger partial charge is 0.483 e. The summed E-state index contributed by atoms with van der Waals surface area (Å²) in [6, 6.07) is 0. The molecule has 44 valence electrons. The van der Waals surface area contributed by atoms with Crippen molar-refractivity contribution in [2.45, 2.75) is 6.92 Å². The zero-order valence-electron chi connectivity index (χ0n) is 4.22. The molecule has 0 atom stereocenters. The topological polar surface area (TPSA) is 75.3 Å². The van der Waals surface area contributed by atoms with Gasteiger partial charge in [0.25, 0.3) is 6.47 Å². The molecule has 0 aromatic carbocycles. The Balaban J connectivity index is 0. The second-order valence-corrected chi connectivity index (χ2v) is 0.663. The molecule has 0 aliphatic rings. The van der Waals surface area contributed by atoms with Gasteiger partial charge in [-0.3, -0.25) is 16.1 Å². The molecule has 4 heteroatoms. The fraction of sp³-hybridized carbons (Fsp3) is 0.667. The maximum Gasteiger partial charge on any atom is 0.290 e. The maximum absolute atomic E-state index is 8.36. The first-order valence-electron chi connectivity index (χ1n) is 1.84. The monoisotopic (exact) mass is 106 g/mol. The van der Waals surface area contributed by atoms with Crippen molar-refractivity contribution < 1.29 is 9.90 Å². The third kappa shape index (κ3) is 407. The minimum atomic E-state index is -0.250. The van der Waals surface area contributed by atoms with E-state index in [9.17, 15) is 0 Å². The number of hydrogen-bond acceptors (Lipinski definition) is 3. The van der Waals surface area contributed by atoms with E-state index < -0.39 is 0 Å². The van der Waals surface area contributed by atoms with E-state index in [1.807, 2.05) is 6.92 Å². The average Bonchev–Trinajstić information content (AvgIpc) is 1.69. The molecule has 0 amide bonds. The van der Waals surface area contributed by atoms with Crippen LogP contribution in [0, 0.1) is 0 Å². The summed E-state index contributed by atoms with van der Waals surface area (Å²) in [6.07, 6.45) is 0. The van der Waals surface area contributed by atoms with Crippen LogP contribution in [0.1, 0.15) is 6.92 Å². The van der Waals surface area contributed by atoms with Crippen LogP contribution < -0.4 is 11.3 Å². The Labute approximate surface area is 42.3 Å². The number of nitrogens with two attached hydrogens (primary N) is 1. The van der Waals surface area contributed by atoms with Gasteiger partial charge in [-0.2, -0.15) is 0 Å². The highest BCUT2D eigenvalue weighted by Crippen LogP contribution is 1.30. The van der Waals surface area contributed by atoms with Gasteiger partial charge in [-0.15, -0.1) is 0 Å². The van der Waals surface area contributed by atoms with E-state index in [1.54, 1.807) is 0 Å². The van der Waals surface area contributed by atoms with Gasteiger partial charge in [-0.1, -0.05) is 6.92 Å². The molecule has 0 radical (unpaired) electrons. The molecule has 0 aliphatic carbocycles. The summed E-state index contributed by atoms with van der Waals surface area (Å²) in [5.74, 6) is 4.78. The molecule has 0 aromatic heterocycles. The first-order chi connectivity index (χ1) is 3.33. The fourth-order valence-corrected chi connectivity index (χ4v) is 0. The molecule has 0 spiro atoms. The lowest BCUT2D eigenvalue weighted by atomic mass is 10.8. The summed E-state index contributed by atoms with van der Waals surface area (Å²) in [4.78, 5) is 8.36. The molecule has 0 fully saturated rings. The fourth-order valence-electron chi connectivity index (χ4n) is 0. The van der Waals surface area contributed by atoms with Gasteiger partial charge in [-0.05, 0) is 0 Å². The third-order valence-electron chi connectivity index (χ3n) is 0.204. The lowest BCUT2D eigenvalue weighted by molar-refractivity contribution is -0.122. The Kier molecular flexibility index (Phi) is 25.0. The van der Waals surface area contributed by atoms with Gasteiger partial charge in [0.1, 0.15) is 0 Å². The molecular weight excluding hydrogens is 96.0 g/mol.